The SMILES string of the molecule is CCOC(=O)c1ccc(N2CCN(C(=O)c3ccccc3)CC2)c(NC(=O)COc2ccccc2)c1. The summed E-state index contributed by atoms with van der Waals surface area (Å²) >= 11 is 0. The highest BCUT2D eigenvalue weighted by Gasteiger charge is 2.24. The number of nitrogens with zero attached hydrogens (tertiary/aromatic N) is 2. The minimum atomic E-state index is -0.460. The first-order valence-corrected chi connectivity index (χ1v) is 11.9. The Morgan fingerprint density at radius 2 is 1.50 bits per heavy atom. The van der Waals surface area contributed by atoms with Crippen molar-refractivity contribution in [3.8, 4) is 5.75 Å². The van der Waals surface area contributed by atoms with Gasteiger partial charge in [-0.2, -0.15) is 0 Å². The lowest BCUT2D eigenvalue weighted by Gasteiger charge is -2.37. The first-order valence-electron chi connectivity index (χ1n) is 11.9. The lowest BCUT2D eigenvalue weighted by atomic mass is 10.1. The molecule has 0 unspecified atom stereocenters. The molecule has 0 bridgehead atoms. The van der Waals surface area contributed by atoms with Gasteiger partial charge < -0.3 is 24.6 Å². The van der Waals surface area contributed by atoms with Crippen molar-refractivity contribution < 1.29 is 23.9 Å². The molecule has 0 aromatic heterocycles. The second-order valence-electron chi connectivity index (χ2n) is 8.25. The highest BCUT2D eigenvalue weighted by Crippen LogP contribution is 2.29. The minimum absolute atomic E-state index is 0.000467. The van der Waals surface area contributed by atoms with E-state index in [-0.39, 0.29) is 25.0 Å². The molecule has 0 aliphatic carbocycles. The second kappa shape index (κ2) is 11.9. The molecule has 4 rings (SSSR count). The van der Waals surface area contributed by atoms with E-state index in [1.807, 2.05) is 53.4 Å². The summed E-state index contributed by atoms with van der Waals surface area (Å²) in [5, 5.41) is 2.88. The molecule has 1 aliphatic heterocycles. The molecule has 0 saturated carbocycles. The Bertz CT molecular complexity index is 1190. The summed E-state index contributed by atoms with van der Waals surface area (Å²) in [7, 11) is 0. The van der Waals surface area contributed by atoms with E-state index in [0.29, 0.717) is 48.7 Å². The number of carbonyl (C=O) groups is 3. The molecule has 3 aromatic carbocycles. The van der Waals surface area contributed by atoms with Gasteiger partial charge in [-0.1, -0.05) is 36.4 Å². The van der Waals surface area contributed by atoms with E-state index < -0.39 is 5.97 Å². The van der Waals surface area contributed by atoms with Crippen molar-refractivity contribution in [3.05, 3.63) is 90.0 Å². The number of para-hydroxylation sites is 1. The van der Waals surface area contributed by atoms with Crippen LogP contribution in [0.15, 0.2) is 78.9 Å². The number of rotatable bonds is 8. The van der Waals surface area contributed by atoms with E-state index in [0.717, 1.165) is 5.69 Å². The second-order valence-corrected chi connectivity index (χ2v) is 8.25. The van der Waals surface area contributed by atoms with Crippen LogP contribution in [0.4, 0.5) is 11.4 Å². The largest absolute Gasteiger partial charge is 0.484 e. The number of esters is 1. The van der Waals surface area contributed by atoms with Crippen molar-refractivity contribution in [2.45, 2.75) is 6.92 Å². The van der Waals surface area contributed by atoms with Crippen molar-refractivity contribution in [2.75, 3.05) is 49.6 Å². The maximum absolute atomic E-state index is 12.8. The first-order chi connectivity index (χ1) is 17.5. The fourth-order valence-electron chi connectivity index (χ4n) is 4.02. The van der Waals surface area contributed by atoms with Crippen molar-refractivity contribution in [1.29, 1.82) is 0 Å². The average Bonchev–Trinajstić information content (AvgIpc) is 2.93. The van der Waals surface area contributed by atoms with Crippen molar-refractivity contribution in [2.24, 2.45) is 0 Å². The van der Waals surface area contributed by atoms with Gasteiger partial charge in [0.05, 0.1) is 23.5 Å². The van der Waals surface area contributed by atoms with E-state index >= 15 is 0 Å². The molecule has 8 nitrogen and oxygen atoms in total. The zero-order chi connectivity index (χ0) is 25.3. The standard InChI is InChI=1S/C28H29N3O5/c1-2-35-28(34)22-13-14-25(24(19-22)29-26(32)20-36-23-11-7-4-8-12-23)30-15-17-31(18-16-30)27(33)21-9-5-3-6-10-21/h3-14,19H,2,15-18,20H2,1H3,(H,29,32). The van der Waals surface area contributed by atoms with Crippen LogP contribution in [-0.2, 0) is 9.53 Å². The first kappa shape index (κ1) is 24.8. The lowest BCUT2D eigenvalue weighted by Crippen LogP contribution is -2.49. The third-order valence-electron chi connectivity index (χ3n) is 5.82. The fraction of sp³-hybridized carbons (Fsp3) is 0.250. The van der Waals surface area contributed by atoms with E-state index in [4.69, 9.17) is 9.47 Å². The highest BCUT2D eigenvalue weighted by atomic mass is 16.5. The maximum Gasteiger partial charge on any atom is 0.338 e. The number of ether oxygens (including phenoxy) is 2. The molecule has 0 spiro atoms. The van der Waals surface area contributed by atoms with Crippen molar-refractivity contribution in [3.63, 3.8) is 0 Å². The quantitative estimate of drug-likeness (QED) is 0.486. The van der Waals surface area contributed by atoms with Crippen molar-refractivity contribution in [1.82, 2.24) is 4.90 Å². The lowest BCUT2D eigenvalue weighted by molar-refractivity contribution is -0.118. The van der Waals surface area contributed by atoms with E-state index in [2.05, 4.69) is 10.2 Å². The summed E-state index contributed by atoms with van der Waals surface area (Å²) in [4.78, 5) is 41.7. The maximum atomic E-state index is 12.8. The minimum Gasteiger partial charge on any atom is -0.484 e. The zero-order valence-corrected chi connectivity index (χ0v) is 20.2. The van der Waals surface area contributed by atoms with E-state index in [9.17, 15) is 14.4 Å². The van der Waals surface area contributed by atoms with Crippen LogP contribution >= 0.6 is 0 Å². The summed E-state index contributed by atoms with van der Waals surface area (Å²) in [6.07, 6.45) is 0. The van der Waals surface area contributed by atoms with Gasteiger partial charge in [-0.3, -0.25) is 9.59 Å². The summed E-state index contributed by atoms with van der Waals surface area (Å²) in [6, 6.07) is 23.4. The topological polar surface area (TPSA) is 88.2 Å². The third-order valence-corrected chi connectivity index (χ3v) is 5.82. The number of amides is 2. The number of anilines is 2. The van der Waals surface area contributed by atoms with Crippen LogP contribution in [0.1, 0.15) is 27.6 Å². The molecule has 1 aliphatic rings. The molecule has 36 heavy (non-hydrogen) atoms. The Morgan fingerprint density at radius 1 is 0.833 bits per heavy atom. The number of piperazine rings is 1. The van der Waals surface area contributed by atoms with Crippen LogP contribution in [0.5, 0.6) is 5.75 Å². The van der Waals surface area contributed by atoms with Crippen LogP contribution < -0.4 is 15.0 Å². The summed E-state index contributed by atoms with van der Waals surface area (Å²) < 4.78 is 10.7. The molecule has 1 saturated heterocycles. The average molecular weight is 488 g/mol. The number of hydrogen-bond acceptors (Lipinski definition) is 6. The molecular formula is C28H29N3O5. The molecular weight excluding hydrogens is 458 g/mol. The Morgan fingerprint density at radius 3 is 2.17 bits per heavy atom. The Labute approximate surface area is 210 Å². The molecule has 2 amide bonds. The molecule has 1 heterocycles. The predicted octanol–water partition coefficient (Wildman–Crippen LogP) is 3.84. The molecule has 186 valence electrons. The van der Waals surface area contributed by atoms with Gasteiger partial charge in [-0.15, -0.1) is 0 Å². The summed E-state index contributed by atoms with van der Waals surface area (Å²) in [6.45, 7) is 4.07. The summed E-state index contributed by atoms with van der Waals surface area (Å²) in [5.74, 6) is -0.218. The van der Waals surface area contributed by atoms with Gasteiger partial charge >= 0.3 is 5.97 Å². The molecule has 1 fully saturated rings. The number of nitrogens with one attached hydrogen (secondary N) is 1. The highest BCUT2D eigenvalue weighted by molar-refractivity contribution is 5.99. The smallest absolute Gasteiger partial charge is 0.338 e. The predicted molar refractivity (Wildman–Crippen MR) is 138 cm³/mol. The molecule has 8 heteroatoms. The van der Waals surface area contributed by atoms with Gasteiger partial charge in [-0.05, 0) is 49.4 Å². The van der Waals surface area contributed by atoms with Gasteiger partial charge in [0.1, 0.15) is 5.75 Å². The Hall–Kier alpha value is -4.33. The van der Waals surface area contributed by atoms with Crippen LogP contribution in [0.3, 0.4) is 0 Å². The number of benzene rings is 3. The fourth-order valence-corrected chi connectivity index (χ4v) is 4.02. The van der Waals surface area contributed by atoms with Gasteiger partial charge in [0.15, 0.2) is 6.61 Å². The van der Waals surface area contributed by atoms with Gasteiger partial charge in [-0.25, -0.2) is 4.79 Å². The normalized spacial score (nSPS) is 13.1. The van der Waals surface area contributed by atoms with Crippen LogP contribution in [0.2, 0.25) is 0 Å². The third kappa shape index (κ3) is 6.21. The number of carbonyl (C=O) groups excluding carboxylic acids is 3. The number of hydrogen-bond donors (Lipinski definition) is 1. The van der Waals surface area contributed by atoms with E-state index in [1.165, 1.54) is 0 Å². The molecule has 0 radical (unpaired) electrons. The zero-order valence-electron chi connectivity index (χ0n) is 20.2. The van der Waals surface area contributed by atoms with E-state index in [1.54, 1.807) is 37.3 Å². The van der Waals surface area contributed by atoms with Crippen LogP contribution in [-0.4, -0.2) is 62.1 Å². The van der Waals surface area contributed by atoms with Crippen LogP contribution in [0.25, 0.3) is 0 Å². The van der Waals surface area contributed by atoms with Crippen LogP contribution in [0, 0.1) is 0 Å². The monoisotopic (exact) mass is 487 g/mol. The Kier molecular flexibility index (Phi) is 8.18. The van der Waals surface area contributed by atoms with Gasteiger partial charge in [0.2, 0.25) is 0 Å². The molecule has 1 N–H and O–H groups in total. The van der Waals surface area contributed by atoms with Crippen molar-refractivity contribution >= 4 is 29.2 Å². The van der Waals surface area contributed by atoms with Gasteiger partial charge in [0, 0.05) is 31.7 Å². The van der Waals surface area contributed by atoms with Gasteiger partial charge in [0.25, 0.3) is 11.8 Å². The summed E-state index contributed by atoms with van der Waals surface area (Å²) in [5.41, 5.74) is 2.27. The Balaban J connectivity index is 1.47. The molecule has 3 aromatic rings. The molecule has 0 atom stereocenters.